The molecule has 0 bridgehead atoms. The van der Waals surface area contributed by atoms with Crippen LogP contribution in [0.25, 0.3) is 38.6 Å². The van der Waals surface area contributed by atoms with Crippen LogP contribution >= 0.6 is 0 Å². The van der Waals surface area contributed by atoms with Gasteiger partial charge in [0.15, 0.2) is 0 Å². The van der Waals surface area contributed by atoms with Crippen LogP contribution in [0.4, 0.5) is 51.2 Å². The van der Waals surface area contributed by atoms with Gasteiger partial charge in [-0.05, 0) is 127 Å². The zero-order chi connectivity index (χ0) is 45.7. The van der Waals surface area contributed by atoms with E-state index in [9.17, 15) is 0 Å². The second kappa shape index (κ2) is 17.0. The normalized spacial score (nSPS) is 16.3. The van der Waals surface area contributed by atoms with Crippen molar-refractivity contribution in [3.8, 4) is 11.1 Å². The monoisotopic (exact) mass is 874 g/mol. The molecule has 3 aliphatic rings. The standard InChI is InChI=1S/C64H50N4/c1-44(49-26-9-10-27-51(49)45-21-5-4-6-22-45)50-41-39-47(67-61-35-15-11-31-57(61)65(2)58-32-12-16-36-62(58)67)25-20-30-54(53-29-19-24-46-23-7-8-28-52(46)53)56-43-48(40-42-55(50)56)68-63-37-17-13-33-59(63)66(3)60-34-14-18-38-64(60)68/h4-24,26-43,47H,1,25H2,2-3H3/b30-20+,41-39?,55-50?,56-54+. The summed E-state index contributed by atoms with van der Waals surface area (Å²) in [6.07, 6.45) is 10.3. The zero-order valence-corrected chi connectivity index (χ0v) is 38.3. The number of rotatable bonds is 6. The molecule has 0 saturated heterocycles. The van der Waals surface area contributed by atoms with Crippen molar-refractivity contribution in [1.29, 1.82) is 0 Å². The van der Waals surface area contributed by atoms with Gasteiger partial charge in [-0.3, -0.25) is 0 Å². The number of nitrogens with zero attached hydrogens (tertiary/aromatic N) is 4. The highest BCUT2D eigenvalue weighted by Crippen LogP contribution is 2.51. The fourth-order valence-electron chi connectivity index (χ4n) is 10.8. The van der Waals surface area contributed by atoms with E-state index in [1.54, 1.807) is 0 Å². The minimum atomic E-state index is -0.0395. The van der Waals surface area contributed by atoms with Crippen LogP contribution in [0.5, 0.6) is 0 Å². The smallest absolute Gasteiger partial charge is 0.0699 e. The quantitative estimate of drug-likeness (QED) is 0.165. The van der Waals surface area contributed by atoms with Gasteiger partial charge in [-0.1, -0.05) is 183 Å². The number of hydrogen-bond acceptors (Lipinski definition) is 4. The first-order valence-electron chi connectivity index (χ1n) is 23.5. The number of allylic oxidation sites excluding steroid dienone is 3. The van der Waals surface area contributed by atoms with Crippen LogP contribution in [0.15, 0.2) is 243 Å². The van der Waals surface area contributed by atoms with Crippen LogP contribution in [-0.4, -0.2) is 20.1 Å². The molecule has 0 spiro atoms. The van der Waals surface area contributed by atoms with Gasteiger partial charge in [0.25, 0.3) is 0 Å². The predicted molar refractivity (Wildman–Crippen MR) is 289 cm³/mol. The van der Waals surface area contributed by atoms with E-state index in [0.717, 1.165) is 78.7 Å². The summed E-state index contributed by atoms with van der Waals surface area (Å²) in [6, 6.07) is 77.0. The molecular formula is C64H50N4. The van der Waals surface area contributed by atoms with Crippen molar-refractivity contribution >= 4 is 78.7 Å². The summed E-state index contributed by atoms with van der Waals surface area (Å²) in [5, 5.41) is 4.66. The van der Waals surface area contributed by atoms with Gasteiger partial charge in [0.1, 0.15) is 0 Å². The number of anilines is 9. The molecule has 0 N–H and O–H groups in total. The highest BCUT2D eigenvalue weighted by atomic mass is 15.3. The van der Waals surface area contributed by atoms with E-state index in [-0.39, 0.29) is 6.04 Å². The van der Waals surface area contributed by atoms with Gasteiger partial charge in [-0.15, -0.1) is 0 Å². The van der Waals surface area contributed by atoms with Crippen molar-refractivity contribution in [2.45, 2.75) is 12.5 Å². The van der Waals surface area contributed by atoms with E-state index in [0.29, 0.717) is 0 Å². The highest BCUT2D eigenvalue weighted by Gasteiger charge is 2.31. The molecule has 0 radical (unpaired) electrons. The molecule has 0 fully saturated rings. The number of hydrogen-bond donors (Lipinski definition) is 0. The van der Waals surface area contributed by atoms with E-state index in [4.69, 9.17) is 6.58 Å². The molecule has 0 saturated carbocycles. The molecule has 0 amide bonds. The third kappa shape index (κ3) is 6.84. The first-order chi connectivity index (χ1) is 33.5. The van der Waals surface area contributed by atoms with E-state index < -0.39 is 0 Å². The van der Waals surface area contributed by atoms with Crippen molar-refractivity contribution < 1.29 is 0 Å². The van der Waals surface area contributed by atoms with Gasteiger partial charge >= 0.3 is 0 Å². The van der Waals surface area contributed by atoms with Gasteiger partial charge in [0.05, 0.1) is 51.5 Å². The Balaban J connectivity index is 1.18. The predicted octanol–water partition coefficient (Wildman–Crippen LogP) is 14.9. The lowest BCUT2D eigenvalue weighted by Crippen LogP contribution is -2.35. The van der Waals surface area contributed by atoms with E-state index in [2.05, 4.69) is 270 Å². The average molecular weight is 875 g/mol. The molecule has 68 heavy (non-hydrogen) atoms. The van der Waals surface area contributed by atoms with Crippen molar-refractivity contribution in [3.63, 3.8) is 0 Å². The Morgan fingerprint density at radius 3 is 1.68 bits per heavy atom. The SMILES string of the molecule is C=C(C1=c2ccc(N3c4ccccc4N(C)c4ccccc43)c/c2=C(c2cccc3ccccc23)/C=C/CC(N2c3ccccc3N(C)c3ccccc32)C=C1)c1ccccc1-c1ccccc1. The lowest BCUT2D eigenvalue weighted by molar-refractivity contribution is 0.785. The molecule has 4 heteroatoms. The Labute approximate surface area is 398 Å². The lowest BCUT2D eigenvalue weighted by atomic mass is 9.87. The molecule has 1 atom stereocenters. The topological polar surface area (TPSA) is 13.0 Å². The van der Waals surface area contributed by atoms with Crippen LogP contribution in [0.1, 0.15) is 17.5 Å². The Kier molecular flexibility index (Phi) is 10.2. The molecule has 9 aromatic carbocycles. The second-order valence-electron chi connectivity index (χ2n) is 17.8. The Hall–Kier alpha value is -8.60. The van der Waals surface area contributed by atoms with Gasteiger partial charge in [-0.2, -0.15) is 0 Å². The molecule has 2 heterocycles. The molecule has 0 aromatic heterocycles. The second-order valence-corrected chi connectivity index (χ2v) is 17.8. The molecule has 4 nitrogen and oxygen atoms in total. The van der Waals surface area contributed by atoms with Gasteiger partial charge in [-0.25, -0.2) is 0 Å². The van der Waals surface area contributed by atoms with Crippen LogP contribution in [0.3, 0.4) is 0 Å². The summed E-state index contributed by atoms with van der Waals surface area (Å²) in [6.45, 7) is 5.06. The van der Waals surface area contributed by atoms with E-state index >= 15 is 0 Å². The third-order valence-corrected chi connectivity index (χ3v) is 14.0. The largest absolute Gasteiger partial charge is 0.341 e. The number of fused-ring (bicyclic) bond motifs is 6. The molecular weight excluding hydrogens is 825 g/mol. The molecule has 1 aliphatic carbocycles. The van der Waals surface area contributed by atoms with E-state index in [1.165, 1.54) is 39.1 Å². The Bertz CT molecular complexity index is 3540. The molecule has 2 aliphatic heterocycles. The van der Waals surface area contributed by atoms with Crippen molar-refractivity contribution in [1.82, 2.24) is 0 Å². The van der Waals surface area contributed by atoms with Crippen LogP contribution in [0, 0.1) is 0 Å². The van der Waals surface area contributed by atoms with Crippen molar-refractivity contribution in [2.75, 3.05) is 33.7 Å². The van der Waals surface area contributed by atoms with Crippen molar-refractivity contribution in [3.05, 3.63) is 265 Å². The Morgan fingerprint density at radius 2 is 1.00 bits per heavy atom. The Morgan fingerprint density at radius 1 is 0.471 bits per heavy atom. The molecule has 12 rings (SSSR count). The van der Waals surface area contributed by atoms with Gasteiger partial charge in [0.2, 0.25) is 0 Å². The van der Waals surface area contributed by atoms with Crippen molar-refractivity contribution in [2.24, 2.45) is 0 Å². The van der Waals surface area contributed by atoms with Gasteiger partial charge < -0.3 is 19.6 Å². The summed E-state index contributed by atoms with van der Waals surface area (Å²) in [5.41, 5.74) is 18.2. The zero-order valence-electron chi connectivity index (χ0n) is 38.3. The molecule has 9 aromatic rings. The number of benzene rings is 9. The van der Waals surface area contributed by atoms with E-state index in [1.807, 2.05) is 0 Å². The summed E-state index contributed by atoms with van der Waals surface area (Å²) >= 11 is 0. The van der Waals surface area contributed by atoms with Crippen LogP contribution < -0.4 is 30.0 Å². The third-order valence-electron chi connectivity index (χ3n) is 14.0. The highest BCUT2D eigenvalue weighted by molar-refractivity contribution is 6.06. The summed E-state index contributed by atoms with van der Waals surface area (Å²) in [5.74, 6) is 0. The summed E-state index contributed by atoms with van der Waals surface area (Å²) in [4.78, 5) is 9.59. The molecule has 1 unspecified atom stereocenters. The number of para-hydroxylation sites is 8. The fraction of sp³-hybridized carbons (Fsp3) is 0.0625. The summed E-state index contributed by atoms with van der Waals surface area (Å²) in [7, 11) is 4.34. The first-order valence-corrected chi connectivity index (χ1v) is 23.5. The van der Waals surface area contributed by atoms with Crippen LogP contribution in [0.2, 0.25) is 0 Å². The molecule has 326 valence electrons. The first kappa shape index (κ1) is 40.9. The maximum Gasteiger partial charge on any atom is 0.0699 e. The lowest BCUT2D eigenvalue weighted by Gasteiger charge is -2.41. The minimum absolute atomic E-state index is 0.0395. The van der Waals surface area contributed by atoms with Gasteiger partial charge in [0, 0.05) is 19.8 Å². The average Bonchev–Trinajstić information content (AvgIpc) is 3.40. The summed E-state index contributed by atoms with van der Waals surface area (Å²) < 4.78 is 0. The maximum absolute atomic E-state index is 5.06. The van der Waals surface area contributed by atoms with Crippen LogP contribution in [-0.2, 0) is 0 Å². The fourth-order valence-corrected chi connectivity index (χ4v) is 10.8. The minimum Gasteiger partial charge on any atom is -0.341 e. The maximum atomic E-state index is 5.06.